The number of halogens is 1. The van der Waals surface area contributed by atoms with Gasteiger partial charge in [-0.2, -0.15) is 0 Å². The number of ether oxygens (including phenoxy) is 2. The number of carbonyl (C=O) groups is 2. The summed E-state index contributed by atoms with van der Waals surface area (Å²) in [5, 5.41) is 0. The van der Waals surface area contributed by atoms with E-state index in [1.54, 1.807) is 6.08 Å². The van der Waals surface area contributed by atoms with Gasteiger partial charge in [-0.25, -0.2) is 0 Å². The zero-order chi connectivity index (χ0) is 17.8. The summed E-state index contributed by atoms with van der Waals surface area (Å²) < 4.78 is 11.9. The van der Waals surface area contributed by atoms with Gasteiger partial charge in [0, 0.05) is 16.6 Å². The summed E-state index contributed by atoms with van der Waals surface area (Å²) in [4.78, 5) is 23.4. The average Bonchev–Trinajstić information content (AvgIpc) is 2.81. The van der Waals surface area contributed by atoms with E-state index < -0.39 is 0 Å². The molecule has 1 aliphatic rings. The van der Waals surface area contributed by atoms with Gasteiger partial charge < -0.3 is 9.47 Å². The molecule has 1 rings (SSSR count). The van der Waals surface area contributed by atoms with Crippen LogP contribution in [0.4, 0.5) is 0 Å². The molecule has 138 valence electrons. The van der Waals surface area contributed by atoms with Crippen molar-refractivity contribution in [1.82, 2.24) is 0 Å². The average molecular weight is 450 g/mol. The number of rotatable bonds is 13. The summed E-state index contributed by atoms with van der Waals surface area (Å²) >= 11 is 2.23. The van der Waals surface area contributed by atoms with Crippen molar-refractivity contribution in [3.8, 4) is 0 Å². The Bertz CT molecular complexity index is 420. The van der Waals surface area contributed by atoms with E-state index in [4.69, 9.17) is 9.47 Å². The SMILES string of the molecule is CCCCCC[C@H]1C(=O)C=C(I)[C@H]1OCCCCCC(=O)OCC. The molecule has 0 radical (unpaired) electrons. The van der Waals surface area contributed by atoms with Crippen LogP contribution in [0.3, 0.4) is 0 Å². The summed E-state index contributed by atoms with van der Waals surface area (Å²) in [6, 6.07) is 0. The van der Waals surface area contributed by atoms with Crippen LogP contribution in [0.5, 0.6) is 0 Å². The number of carbonyl (C=O) groups excluding carboxylic acids is 2. The maximum Gasteiger partial charge on any atom is 0.305 e. The monoisotopic (exact) mass is 450 g/mol. The smallest absolute Gasteiger partial charge is 0.305 e. The van der Waals surface area contributed by atoms with E-state index in [1.165, 1.54) is 19.3 Å². The summed E-state index contributed by atoms with van der Waals surface area (Å²) in [7, 11) is 0. The van der Waals surface area contributed by atoms with E-state index >= 15 is 0 Å². The molecule has 0 aromatic rings. The van der Waals surface area contributed by atoms with Gasteiger partial charge >= 0.3 is 5.97 Å². The standard InChI is InChI=1S/C19H31IO4/c1-3-5-6-8-11-15-17(21)14-16(20)19(15)24-13-10-7-9-12-18(22)23-4-2/h14-15,19H,3-13H2,1-2H3/t15-,19-/m0/s1. The fourth-order valence-corrected chi connectivity index (χ4v) is 3.86. The molecule has 0 fully saturated rings. The first-order valence-corrected chi connectivity index (χ1v) is 10.4. The Morgan fingerprint density at radius 1 is 1.12 bits per heavy atom. The Morgan fingerprint density at radius 2 is 1.88 bits per heavy atom. The van der Waals surface area contributed by atoms with Gasteiger partial charge in [0.05, 0.1) is 18.6 Å². The number of hydrogen-bond donors (Lipinski definition) is 0. The van der Waals surface area contributed by atoms with Crippen LogP contribution in [0, 0.1) is 5.92 Å². The number of hydrogen-bond acceptors (Lipinski definition) is 4. The van der Waals surface area contributed by atoms with Crippen molar-refractivity contribution in [1.29, 1.82) is 0 Å². The van der Waals surface area contributed by atoms with Crippen LogP contribution >= 0.6 is 22.6 Å². The van der Waals surface area contributed by atoms with Crippen LogP contribution in [-0.4, -0.2) is 31.1 Å². The molecule has 5 heteroatoms. The van der Waals surface area contributed by atoms with Crippen LogP contribution in [0.2, 0.25) is 0 Å². The van der Waals surface area contributed by atoms with Crippen LogP contribution in [-0.2, 0) is 19.1 Å². The molecule has 0 heterocycles. The summed E-state index contributed by atoms with van der Waals surface area (Å²) in [6.45, 7) is 5.11. The third-order valence-electron chi connectivity index (χ3n) is 4.28. The van der Waals surface area contributed by atoms with Crippen molar-refractivity contribution in [3.63, 3.8) is 0 Å². The molecule has 0 amide bonds. The first kappa shape index (κ1) is 21.6. The highest BCUT2D eigenvalue weighted by molar-refractivity contribution is 14.1. The molecule has 0 unspecified atom stereocenters. The van der Waals surface area contributed by atoms with E-state index in [0.717, 1.165) is 35.7 Å². The third-order valence-corrected chi connectivity index (χ3v) is 5.20. The molecule has 0 saturated heterocycles. The largest absolute Gasteiger partial charge is 0.466 e. The maximum absolute atomic E-state index is 12.1. The maximum atomic E-state index is 12.1. The van der Waals surface area contributed by atoms with E-state index in [0.29, 0.717) is 19.6 Å². The van der Waals surface area contributed by atoms with Crippen molar-refractivity contribution >= 4 is 34.3 Å². The van der Waals surface area contributed by atoms with Crippen LogP contribution in [0.15, 0.2) is 9.66 Å². The second-order valence-corrected chi connectivity index (χ2v) is 7.54. The number of allylic oxidation sites excluding steroid dienone is 1. The first-order chi connectivity index (χ1) is 11.6. The first-order valence-electron chi connectivity index (χ1n) is 9.28. The van der Waals surface area contributed by atoms with Crippen LogP contribution < -0.4 is 0 Å². The van der Waals surface area contributed by atoms with Crippen molar-refractivity contribution < 1.29 is 19.1 Å². The van der Waals surface area contributed by atoms with Gasteiger partial charge in [0.2, 0.25) is 0 Å². The summed E-state index contributed by atoms with van der Waals surface area (Å²) in [5.41, 5.74) is 0. The van der Waals surface area contributed by atoms with Gasteiger partial charge in [-0.3, -0.25) is 9.59 Å². The highest BCUT2D eigenvalue weighted by atomic mass is 127. The van der Waals surface area contributed by atoms with E-state index in [2.05, 4.69) is 29.5 Å². The molecule has 1 aliphatic carbocycles. The molecule has 0 spiro atoms. The molecule has 4 nitrogen and oxygen atoms in total. The Balaban J connectivity index is 2.22. The van der Waals surface area contributed by atoms with E-state index in [9.17, 15) is 9.59 Å². The van der Waals surface area contributed by atoms with Gasteiger partial charge in [0.1, 0.15) is 0 Å². The minimum absolute atomic E-state index is 0.00767. The Kier molecular flexibility index (Phi) is 11.6. The third kappa shape index (κ3) is 8.10. The normalized spacial score (nSPS) is 20.3. The number of unbranched alkanes of at least 4 members (excludes halogenated alkanes) is 5. The molecule has 2 atom stereocenters. The zero-order valence-corrected chi connectivity index (χ0v) is 17.2. The quantitative estimate of drug-likeness (QED) is 0.226. The molecule has 0 N–H and O–H groups in total. The highest BCUT2D eigenvalue weighted by Gasteiger charge is 2.35. The second-order valence-electron chi connectivity index (χ2n) is 6.29. The fraction of sp³-hybridized carbons (Fsp3) is 0.789. The lowest BCUT2D eigenvalue weighted by molar-refractivity contribution is -0.143. The van der Waals surface area contributed by atoms with Gasteiger partial charge in [0.25, 0.3) is 0 Å². The highest BCUT2D eigenvalue weighted by Crippen LogP contribution is 2.33. The molecule has 0 bridgehead atoms. The zero-order valence-electron chi connectivity index (χ0n) is 15.0. The number of esters is 1. The second kappa shape index (κ2) is 12.9. The van der Waals surface area contributed by atoms with Crippen LogP contribution in [0.1, 0.15) is 71.6 Å². The molecule has 0 saturated carbocycles. The Morgan fingerprint density at radius 3 is 2.58 bits per heavy atom. The van der Waals surface area contributed by atoms with Gasteiger partial charge in [0.15, 0.2) is 5.78 Å². The molecule has 0 aromatic heterocycles. The van der Waals surface area contributed by atoms with Crippen molar-refractivity contribution in [2.45, 2.75) is 77.7 Å². The lowest BCUT2D eigenvalue weighted by atomic mass is 9.96. The Hall–Kier alpha value is -0.430. The van der Waals surface area contributed by atoms with Crippen molar-refractivity contribution in [2.24, 2.45) is 5.92 Å². The molecule has 24 heavy (non-hydrogen) atoms. The van der Waals surface area contributed by atoms with Gasteiger partial charge in [-0.1, -0.05) is 39.0 Å². The molecular formula is C19H31IO4. The molecular weight excluding hydrogens is 419 g/mol. The predicted octanol–water partition coefficient (Wildman–Crippen LogP) is 4.98. The molecule has 0 aliphatic heterocycles. The lowest BCUT2D eigenvalue weighted by Crippen LogP contribution is -2.25. The van der Waals surface area contributed by atoms with Crippen molar-refractivity contribution in [3.05, 3.63) is 9.66 Å². The minimum atomic E-state index is -0.121. The van der Waals surface area contributed by atoms with Crippen molar-refractivity contribution in [2.75, 3.05) is 13.2 Å². The minimum Gasteiger partial charge on any atom is -0.466 e. The molecule has 0 aromatic carbocycles. The van der Waals surface area contributed by atoms with Gasteiger partial charge in [-0.15, -0.1) is 0 Å². The van der Waals surface area contributed by atoms with Crippen LogP contribution in [0.25, 0.3) is 0 Å². The van der Waals surface area contributed by atoms with E-state index in [-0.39, 0.29) is 23.8 Å². The summed E-state index contributed by atoms with van der Waals surface area (Å²) in [6.07, 6.45) is 10.5. The summed E-state index contributed by atoms with van der Waals surface area (Å²) in [5.74, 6) is 0.112. The number of ketones is 1. The van der Waals surface area contributed by atoms with Gasteiger partial charge in [-0.05, 0) is 54.9 Å². The fourth-order valence-electron chi connectivity index (χ4n) is 2.94. The topological polar surface area (TPSA) is 52.6 Å². The predicted molar refractivity (Wildman–Crippen MR) is 104 cm³/mol. The van der Waals surface area contributed by atoms with E-state index in [1.807, 2.05) is 6.92 Å². The lowest BCUT2D eigenvalue weighted by Gasteiger charge is -2.20. The Labute approximate surface area is 159 Å².